The molecule has 0 saturated heterocycles. The molecule has 8 heteroatoms. The van der Waals surface area contributed by atoms with Gasteiger partial charge in [-0.05, 0) is 81.1 Å². The molecule has 2 aromatic rings. The Morgan fingerprint density at radius 2 is 1.93 bits per heavy atom. The predicted octanol–water partition coefficient (Wildman–Crippen LogP) is 3.51. The number of hydrogen-bond donors (Lipinski definition) is 1. The number of halogens is 1. The number of nitrogens with zero attached hydrogens (tertiary/aromatic N) is 1. The van der Waals surface area contributed by atoms with E-state index in [2.05, 4.69) is 4.72 Å². The summed E-state index contributed by atoms with van der Waals surface area (Å²) in [5.41, 5.74) is 1.90. The number of amides is 1. The summed E-state index contributed by atoms with van der Waals surface area (Å²) in [5.74, 6) is -0.626. The summed E-state index contributed by atoms with van der Waals surface area (Å²) in [6.45, 7) is 5.18. The SMILES string of the molecule is CC(C)OCCCNS(=O)(=O)c1ccc2c(c1)CCCN2C(=O)c1ccc(F)cc1. The number of fused-ring (bicyclic) bond motifs is 1. The van der Waals surface area contributed by atoms with Gasteiger partial charge in [0.1, 0.15) is 5.82 Å². The first-order valence-corrected chi connectivity index (χ1v) is 11.6. The molecule has 0 atom stereocenters. The van der Waals surface area contributed by atoms with E-state index < -0.39 is 15.8 Å². The van der Waals surface area contributed by atoms with Gasteiger partial charge in [0.15, 0.2) is 0 Å². The van der Waals surface area contributed by atoms with Crippen LogP contribution in [0.1, 0.15) is 42.6 Å². The third-order valence-corrected chi connectivity index (χ3v) is 6.34. The number of sulfonamides is 1. The van der Waals surface area contributed by atoms with E-state index in [1.165, 1.54) is 30.3 Å². The van der Waals surface area contributed by atoms with Crippen molar-refractivity contribution in [2.75, 3.05) is 24.6 Å². The lowest BCUT2D eigenvalue weighted by atomic mass is 10.0. The summed E-state index contributed by atoms with van der Waals surface area (Å²) in [7, 11) is -3.64. The van der Waals surface area contributed by atoms with Crippen molar-refractivity contribution < 1.29 is 22.3 Å². The number of rotatable bonds is 8. The van der Waals surface area contributed by atoms with Gasteiger partial charge in [-0.25, -0.2) is 17.5 Å². The average Bonchev–Trinajstić information content (AvgIpc) is 2.72. The third kappa shape index (κ3) is 5.44. The molecule has 6 nitrogen and oxygen atoms in total. The van der Waals surface area contributed by atoms with Crippen LogP contribution >= 0.6 is 0 Å². The van der Waals surface area contributed by atoms with Crippen molar-refractivity contribution in [1.82, 2.24) is 4.72 Å². The maximum Gasteiger partial charge on any atom is 0.258 e. The van der Waals surface area contributed by atoms with Gasteiger partial charge in [-0.3, -0.25) is 4.79 Å². The Kier molecular flexibility index (Phi) is 7.23. The first-order valence-electron chi connectivity index (χ1n) is 10.1. The molecule has 0 fully saturated rings. The fourth-order valence-electron chi connectivity index (χ4n) is 3.38. The molecule has 0 unspecified atom stereocenters. The fourth-order valence-corrected chi connectivity index (χ4v) is 4.51. The van der Waals surface area contributed by atoms with E-state index >= 15 is 0 Å². The van der Waals surface area contributed by atoms with Crippen molar-refractivity contribution >= 4 is 21.6 Å². The minimum Gasteiger partial charge on any atom is -0.379 e. The van der Waals surface area contributed by atoms with Gasteiger partial charge in [-0.2, -0.15) is 0 Å². The van der Waals surface area contributed by atoms with Crippen LogP contribution in [0.15, 0.2) is 47.4 Å². The van der Waals surface area contributed by atoms with Crippen molar-refractivity contribution in [2.45, 2.75) is 44.1 Å². The predicted molar refractivity (Wildman–Crippen MR) is 114 cm³/mol. The molecule has 30 heavy (non-hydrogen) atoms. The van der Waals surface area contributed by atoms with E-state index in [0.717, 1.165) is 12.0 Å². The van der Waals surface area contributed by atoms with Crippen molar-refractivity contribution in [2.24, 2.45) is 0 Å². The number of benzene rings is 2. The summed E-state index contributed by atoms with van der Waals surface area (Å²) in [6, 6.07) is 10.2. The molecule has 0 bridgehead atoms. The van der Waals surface area contributed by atoms with Crippen molar-refractivity contribution in [3.05, 3.63) is 59.4 Å². The molecule has 0 saturated carbocycles. The maximum absolute atomic E-state index is 13.2. The van der Waals surface area contributed by atoms with Gasteiger partial charge in [0.25, 0.3) is 5.91 Å². The van der Waals surface area contributed by atoms with Crippen LogP contribution in [0.5, 0.6) is 0 Å². The topological polar surface area (TPSA) is 75.7 Å². The van der Waals surface area contributed by atoms with E-state index in [-0.39, 0.29) is 16.9 Å². The number of ether oxygens (including phenoxy) is 1. The molecular weight excluding hydrogens is 407 g/mol. The monoisotopic (exact) mass is 434 g/mol. The van der Waals surface area contributed by atoms with Gasteiger partial charge < -0.3 is 9.64 Å². The highest BCUT2D eigenvalue weighted by molar-refractivity contribution is 7.89. The Morgan fingerprint density at radius 3 is 2.63 bits per heavy atom. The molecule has 0 spiro atoms. The van der Waals surface area contributed by atoms with Gasteiger partial charge in [0.2, 0.25) is 10.0 Å². The van der Waals surface area contributed by atoms with E-state index in [1.54, 1.807) is 17.0 Å². The van der Waals surface area contributed by atoms with Gasteiger partial charge in [0.05, 0.1) is 11.0 Å². The summed E-state index contributed by atoms with van der Waals surface area (Å²) in [6.07, 6.45) is 2.11. The van der Waals surface area contributed by atoms with Crippen LogP contribution in [0.2, 0.25) is 0 Å². The highest BCUT2D eigenvalue weighted by Gasteiger charge is 2.25. The number of carbonyl (C=O) groups is 1. The smallest absolute Gasteiger partial charge is 0.258 e. The summed E-state index contributed by atoms with van der Waals surface area (Å²) in [4.78, 5) is 14.7. The first-order chi connectivity index (χ1) is 14.3. The molecular formula is C22H27FN2O4S. The van der Waals surface area contributed by atoms with Crippen molar-refractivity contribution in [1.29, 1.82) is 0 Å². The molecule has 1 heterocycles. The maximum atomic E-state index is 13.2. The van der Waals surface area contributed by atoms with Crippen LogP contribution < -0.4 is 9.62 Å². The molecule has 0 aromatic heterocycles. The van der Waals surface area contributed by atoms with Crippen LogP contribution in [-0.4, -0.2) is 40.1 Å². The highest BCUT2D eigenvalue weighted by atomic mass is 32.2. The zero-order chi connectivity index (χ0) is 21.7. The molecule has 1 aliphatic heterocycles. The van der Waals surface area contributed by atoms with E-state index in [1.807, 2.05) is 13.8 Å². The first kappa shape index (κ1) is 22.4. The Bertz CT molecular complexity index is 991. The second-order valence-corrected chi connectivity index (χ2v) is 9.30. The summed E-state index contributed by atoms with van der Waals surface area (Å²) >= 11 is 0. The molecule has 2 aromatic carbocycles. The molecule has 1 aliphatic rings. The second kappa shape index (κ2) is 9.68. The van der Waals surface area contributed by atoms with E-state index in [0.29, 0.717) is 43.8 Å². The minimum absolute atomic E-state index is 0.114. The number of nitrogens with one attached hydrogen (secondary N) is 1. The number of aryl methyl sites for hydroxylation is 1. The molecule has 0 radical (unpaired) electrons. The Morgan fingerprint density at radius 1 is 1.20 bits per heavy atom. The van der Waals surface area contributed by atoms with Crippen LogP contribution in [-0.2, 0) is 21.2 Å². The molecule has 162 valence electrons. The molecule has 1 amide bonds. The van der Waals surface area contributed by atoms with Crippen molar-refractivity contribution in [3.8, 4) is 0 Å². The van der Waals surface area contributed by atoms with Gasteiger partial charge in [0, 0.05) is 30.9 Å². The number of carbonyl (C=O) groups excluding carboxylic acids is 1. The minimum atomic E-state index is -3.64. The van der Waals surface area contributed by atoms with Gasteiger partial charge in [-0.15, -0.1) is 0 Å². The Labute approximate surface area is 177 Å². The largest absolute Gasteiger partial charge is 0.379 e. The van der Waals surface area contributed by atoms with Crippen LogP contribution in [0, 0.1) is 5.82 Å². The summed E-state index contributed by atoms with van der Waals surface area (Å²) < 4.78 is 46.4. The zero-order valence-corrected chi connectivity index (χ0v) is 18.0. The normalized spacial score (nSPS) is 14.1. The number of anilines is 1. The molecule has 3 rings (SSSR count). The lowest BCUT2D eigenvalue weighted by molar-refractivity contribution is 0.0778. The van der Waals surface area contributed by atoms with Gasteiger partial charge >= 0.3 is 0 Å². The van der Waals surface area contributed by atoms with Gasteiger partial charge in [-0.1, -0.05) is 0 Å². The Balaban J connectivity index is 1.73. The second-order valence-electron chi connectivity index (χ2n) is 7.53. The Hall–Kier alpha value is -2.29. The van der Waals surface area contributed by atoms with Crippen molar-refractivity contribution in [3.63, 3.8) is 0 Å². The fraction of sp³-hybridized carbons (Fsp3) is 0.409. The highest BCUT2D eigenvalue weighted by Crippen LogP contribution is 2.30. The lowest BCUT2D eigenvalue weighted by Gasteiger charge is -2.30. The molecule has 0 aliphatic carbocycles. The average molecular weight is 435 g/mol. The van der Waals surface area contributed by atoms with Crippen LogP contribution in [0.3, 0.4) is 0 Å². The summed E-state index contributed by atoms with van der Waals surface area (Å²) in [5, 5.41) is 0. The third-order valence-electron chi connectivity index (χ3n) is 4.88. The van der Waals surface area contributed by atoms with E-state index in [9.17, 15) is 17.6 Å². The van der Waals surface area contributed by atoms with Crippen LogP contribution in [0.25, 0.3) is 0 Å². The van der Waals surface area contributed by atoms with E-state index in [4.69, 9.17) is 4.74 Å². The molecule has 1 N–H and O–H groups in total. The van der Waals surface area contributed by atoms with Crippen LogP contribution in [0.4, 0.5) is 10.1 Å². The zero-order valence-electron chi connectivity index (χ0n) is 17.2. The lowest BCUT2D eigenvalue weighted by Crippen LogP contribution is -2.35. The quantitative estimate of drug-likeness (QED) is 0.645. The number of hydrogen-bond acceptors (Lipinski definition) is 4. The standard InChI is InChI=1S/C22H27FN2O4S/c1-16(2)29-14-4-12-24-30(27,28)20-10-11-21-18(15-20)5-3-13-25(21)22(26)17-6-8-19(23)9-7-17/h6-11,15-16,24H,3-5,12-14H2,1-2H3.